The molecule has 96 valence electrons. The molecule has 0 amide bonds. The van der Waals surface area contributed by atoms with E-state index >= 15 is 0 Å². The summed E-state index contributed by atoms with van der Waals surface area (Å²) in [6.07, 6.45) is 1.56. The highest BCUT2D eigenvalue weighted by molar-refractivity contribution is 7.89. The van der Waals surface area contributed by atoms with Gasteiger partial charge in [0, 0.05) is 26.2 Å². The molecule has 2 N–H and O–H groups in total. The van der Waals surface area contributed by atoms with E-state index in [0.717, 1.165) is 11.0 Å². The Hall–Kier alpha value is -1.44. The fraction of sp³-hybridized carbons (Fsp3) is 0.364. The third-order valence-corrected chi connectivity index (χ3v) is 5.00. The van der Waals surface area contributed by atoms with Crippen molar-refractivity contribution < 1.29 is 8.42 Å². The lowest BCUT2D eigenvalue weighted by Crippen LogP contribution is -2.46. The molecule has 0 spiro atoms. The molecule has 3 rings (SSSR count). The molecule has 0 aliphatic carbocycles. The Morgan fingerprint density at radius 1 is 1.22 bits per heavy atom. The zero-order valence-electron chi connectivity index (χ0n) is 9.76. The molecule has 1 fully saturated rings. The van der Waals surface area contributed by atoms with Crippen LogP contribution in [0.2, 0.25) is 0 Å². The highest BCUT2D eigenvalue weighted by Crippen LogP contribution is 2.20. The van der Waals surface area contributed by atoms with Gasteiger partial charge in [-0.15, -0.1) is 0 Å². The number of imidazole rings is 1. The Bertz CT molecular complexity index is 658. The number of piperazine rings is 1. The van der Waals surface area contributed by atoms with Gasteiger partial charge in [-0.2, -0.15) is 4.31 Å². The maximum Gasteiger partial charge on any atom is 0.243 e. The van der Waals surface area contributed by atoms with Crippen LogP contribution < -0.4 is 5.32 Å². The summed E-state index contributed by atoms with van der Waals surface area (Å²) < 4.78 is 26.3. The average molecular weight is 266 g/mol. The molecule has 0 radical (unpaired) electrons. The molecule has 1 saturated heterocycles. The summed E-state index contributed by atoms with van der Waals surface area (Å²) in [5.74, 6) is 0. The second kappa shape index (κ2) is 4.34. The molecule has 1 aliphatic rings. The fourth-order valence-corrected chi connectivity index (χ4v) is 3.58. The van der Waals surface area contributed by atoms with E-state index < -0.39 is 10.0 Å². The van der Waals surface area contributed by atoms with Crippen LogP contribution in [0, 0.1) is 0 Å². The largest absolute Gasteiger partial charge is 0.345 e. The van der Waals surface area contributed by atoms with Crippen molar-refractivity contribution in [2.45, 2.75) is 4.90 Å². The molecule has 6 nitrogen and oxygen atoms in total. The molecule has 18 heavy (non-hydrogen) atoms. The van der Waals surface area contributed by atoms with E-state index in [-0.39, 0.29) is 0 Å². The SMILES string of the molecule is O=S(=O)(c1ccc2nc[nH]c2c1)N1CCNCC1. The van der Waals surface area contributed by atoms with E-state index in [1.807, 2.05) is 0 Å². The van der Waals surface area contributed by atoms with Crippen LogP contribution in [0.1, 0.15) is 0 Å². The lowest BCUT2D eigenvalue weighted by molar-refractivity contribution is 0.360. The van der Waals surface area contributed by atoms with E-state index in [9.17, 15) is 8.42 Å². The van der Waals surface area contributed by atoms with Crippen LogP contribution in [0.25, 0.3) is 11.0 Å². The predicted molar refractivity (Wildman–Crippen MR) is 67.7 cm³/mol. The van der Waals surface area contributed by atoms with Crippen molar-refractivity contribution in [3.8, 4) is 0 Å². The maximum atomic E-state index is 12.4. The number of fused-ring (bicyclic) bond motifs is 1. The monoisotopic (exact) mass is 266 g/mol. The third-order valence-electron chi connectivity index (χ3n) is 3.11. The topological polar surface area (TPSA) is 78.1 Å². The van der Waals surface area contributed by atoms with E-state index in [1.165, 1.54) is 4.31 Å². The van der Waals surface area contributed by atoms with Gasteiger partial charge in [0.1, 0.15) is 0 Å². The number of nitrogens with one attached hydrogen (secondary N) is 2. The van der Waals surface area contributed by atoms with Gasteiger partial charge in [0.25, 0.3) is 0 Å². The molecule has 0 atom stereocenters. The second-order valence-electron chi connectivity index (χ2n) is 4.24. The first-order chi connectivity index (χ1) is 8.68. The third kappa shape index (κ3) is 1.90. The van der Waals surface area contributed by atoms with Crippen molar-refractivity contribution in [2.75, 3.05) is 26.2 Å². The van der Waals surface area contributed by atoms with Crippen LogP contribution in [-0.4, -0.2) is 48.9 Å². The highest BCUT2D eigenvalue weighted by Gasteiger charge is 2.25. The Morgan fingerprint density at radius 3 is 2.78 bits per heavy atom. The second-order valence-corrected chi connectivity index (χ2v) is 6.17. The number of H-pyrrole nitrogens is 1. The molecule has 0 bridgehead atoms. The van der Waals surface area contributed by atoms with Crippen LogP contribution >= 0.6 is 0 Å². The quantitative estimate of drug-likeness (QED) is 0.811. The van der Waals surface area contributed by atoms with Crippen LogP contribution in [0.4, 0.5) is 0 Å². The Morgan fingerprint density at radius 2 is 2.00 bits per heavy atom. The first kappa shape index (κ1) is 11.6. The van der Waals surface area contributed by atoms with E-state index in [1.54, 1.807) is 24.5 Å². The summed E-state index contributed by atoms with van der Waals surface area (Å²) >= 11 is 0. The van der Waals surface area contributed by atoms with Gasteiger partial charge in [-0.05, 0) is 18.2 Å². The molecule has 0 saturated carbocycles. The van der Waals surface area contributed by atoms with Crippen LogP contribution in [0.5, 0.6) is 0 Å². The summed E-state index contributed by atoms with van der Waals surface area (Å²) in [5, 5.41) is 3.14. The summed E-state index contributed by atoms with van der Waals surface area (Å²) in [6.45, 7) is 2.43. The minimum Gasteiger partial charge on any atom is -0.345 e. The van der Waals surface area contributed by atoms with Gasteiger partial charge >= 0.3 is 0 Å². The lowest BCUT2D eigenvalue weighted by atomic mass is 10.3. The average Bonchev–Trinajstić information content (AvgIpc) is 2.87. The first-order valence-corrected chi connectivity index (χ1v) is 7.26. The van der Waals surface area contributed by atoms with Gasteiger partial charge in [0.05, 0.1) is 22.3 Å². The van der Waals surface area contributed by atoms with Crippen molar-refractivity contribution >= 4 is 21.1 Å². The molecule has 0 unspecified atom stereocenters. The van der Waals surface area contributed by atoms with Gasteiger partial charge < -0.3 is 10.3 Å². The number of aromatic amines is 1. The van der Waals surface area contributed by atoms with Gasteiger partial charge in [0.2, 0.25) is 10.0 Å². The summed E-state index contributed by atoms with van der Waals surface area (Å²) in [4.78, 5) is 7.33. The standard InChI is InChI=1S/C11H14N4O2S/c16-18(17,15-5-3-12-4-6-15)9-1-2-10-11(7-9)14-8-13-10/h1-2,7-8,12H,3-6H2,(H,13,14). The van der Waals surface area contributed by atoms with Crippen molar-refractivity contribution in [2.24, 2.45) is 0 Å². The molecular weight excluding hydrogens is 252 g/mol. The minimum atomic E-state index is -3.39. The van der Waals surface area contributed by atoms with E-state index in [0.29, 0.717) is 31.1 Å². The first-order valence-electron chi connectivity index (χ1n) is 5.82. The fourth-order valence-electron chi connectivity index (χ4n) is 2.11. The molecule has 1 aromatic heterocycles. The van der Waals surface area contributed by atoms with E-state index in [4.69, 9.17) is 0 Å². The van der Waals surface area contributed by atoms with Gasteiger partial charge in [0.15, 0.2) is 0 Å². The number of rotatable bonds is 2. The molecular formula is C11H14N4O2S. The Kier molecular flexibility index (Phi) is 2.81. The number of aromatic nitrogens is 2. The predicted octanol–water partition coefficient (Wildman–Crippen LogP) is 0.157. The smallest absolute Gasteiger partial charge is 0.243 e. The molecule has 1 aliphatic heterocycles. The highest BCUT2D eigenvalue weighted by atomic mass is 32.2. The summed E-state index contributed by atoms with van der Waals surface area (Å²) in [6, 6.07) is 4.97. The van der Waals surface area contributed by atoms with Crippen molar-refractivity contribution in [1.82, 2.24) is 19.6 Å². The van der Waals surface area contributed by atoms with Gasteiger partial charge in [-0.3, -0.25) is 0 Å². The van der Waals surface area contributed by atoms with Crippen LogP contribution in [-0.2, 0) is 10.0 Å². The van der Waals surface area contributed by atoms with Gasteiger partial charge in [-0.25, -0.2) is 13.4 Å². The molecule has 2 heterocycles. The zero-order chi connectivity index (χ0) is 12.6. The lowest BCUT2D eigenvalue weighted by Gasteiger charge is -2.26. The van der Waals surface area contributed by atoms with Crippen LogP contribution in [0.15, 0.2) is 29.4 Å². The number of benzene rings is 1. The van der Waals surface area contributed by atoms with E-state index in [2.05, 4.69) is 15.3 Å². The summed E-state index contributed by atoms with van der Waals surface area (Å²) in [5.41, 5.74) is 1.51. The summed E-state index contributed by atoms with van der Waals surface area (Å²) in [7, 11) is -3.39. The Balaban J connectivity index is 2.01. The number of sulfonamides is 1. The normalized spacial score (nSPS) is 18.2. The van der Waals surface area contributed by atoms with Crippen LogP contribution in [0.3, 0.4) is 0 Å². The van der Waals surface area contributed by atoms with Crippen molar-refractivity contribution in [3.63, 3.8) is 0 Å². The number of hydrogen-bond donors (Lipinski definition) is 2. The van der Waals surface area contributed by atoms with Crippen molar-refractivity contribution in [3.05, 3.63) is 24.5 Å². The number of nitrogens with zero attached hydrogens (tertiary/aromatic N) is 2. The molecule has 1 aromatic carbocycles. The number of hydrogen-bond acceptors (Lipinski definition) is 4. The maximum absolute atomic E-state index is 12.4. The molecule has 7 heteroatoms. The zero-order valence-corrected chi connectivity index (χ0v) is 10.6. The van der Waals surface area contributed by atoms with Gasteiger partial charge in [-0.1, -0.05) is 0 Å². The van der Waals surface area contributed by atoms with Crippen molar-refractivity contribution in [1.29, 1.82) is 0 Å². The minimum absolute atomic E-state index is 0.321. The molecule has 2 aromatic rings. The Labute approximate surface area is 105 Å².